The Labute approximate surface area is 295 Å². The lowest BCUT2D eigenvalue weighted by Gasteiger charge is -2.39. The van der Waals surface area contributed by atoms with Gasteiger partial charge >= 0.3 is 6.18 Å². The summed E-state index contributed by atoms with van der Waals surface area (Å²) in [6.45, 7) is 3.31. The molecule has 0 radical (unpaired) electrons. The van der Waals surface area contributed by atoms with Crippen LogP contribution in [0.2, 0.25) is 0 Å². The van der Waals surface area contributed by atoms with Gasteiger partial charge in [0.05, 0.1) is 11.3 Å². The summed E-state index contributed by atoms with van der Waals surface area (Å²) in [6, 6.07) is 31.0. The Morgan fingerprint density at radius 3 is 2.02 bits per heavy atom. The lowest BCUT2D eigenvalue weighted by atomic mass is 10.0. The summed E-state index contributed by atoms with van der Waals surface area (Å²) < 4.78 is 39.5. The Kier molecular flexibility index (Phi) is 11.3. The van der Waals surface area contributed by atoms with Gasteiger partial charge in [-0.05, 0) is 58.7 Å². The zero-order valence-corrected chi connectivity index (χ0v) is 28.0. The Morgan fingerprint density at radius 2 is 1.41 bits per heavy atom. The van der Waals surface area contributed by atoms with E-state index in [4.69, 9.17) is 0 Å². The molecule has 2 amide bonds. The monoisotopic (exact) mass is 689 g/mol. The highest BCUT2D eigenvalue weighted by molar-refractivity contribution is 5.95. The van der Waals surface area contributed by atoms with Crippen LogP contribution in [-0.2, 0) is 35.3 Å². The molecule has 0 bridgehead atoms. The highest BCUT2D eigenvalue weighted by Gasteiger charge is 2.34. The topological polar surface area (TPSA) is 69.6 Å². The van der Waals surface area contributed by atoms with E-state index in [1.165, 1.54) is 29.8 Å². The van der Waals surface area contributed by atoms with Crippen molar-refractivity contribution >= 4 is 17.9 Å². The van der Waals surface area contributed by atoms with Gasteiger partial charge in [0.2, 0.25) is 11.8 Å². The van der Waals surface area contributed by atoms with Crippen LogP contribution >= 0.6 is 0 Å². The normalized spacial score (nSPS) is 14.4. The van der Waals surface area contributed by atoms with Crippen molar-refractivity contribution in [3.63, 3.8) is 0 Å². The molecule has 6 rings (SSSR count). The maximum absolute atomic E-state index is 14.5. The molecule has 3 aromatic carbocycles. The number of benzene rings is 3. The van der Waals surface area contributed by atoms with Gasteiger partial charge in [-0.25, -0.2) is 0 Å². The second-order valence-electron chi connectivity index (χ2n) is 12.5. The summed E-state index contributed by atoms with van der Waals surface area (Å²) in [5, 5.41) is 0. The SMILES string of the molecule is O=C([C@H](Cc1ccccc1)N(Cc1ccc(-c2ccncc2)nc1)C(=O)C=Cc1ccc(C(F)(F)F)cc1)N1CCN(Cc2ccccc2)CC1. The molecule has 0 unspecified atom stereocenters. The molecule has 7 nitrogen and oxygen atoms in total. The molecule has 1 atom stereocenters. The lowest BCUT2D eigenvalue weighted by Crippen LogP contribution is -2.56. The van der Waals surface area contributed by atoms with Crippen LogP contribution in [0.4, 0.5) is 13.2 Å². The first kappa shape index (κ1) is 35.2. The minimum Gasteiger partial charge on any atom is -0.338 e. The van der Waals surface area contributed by atoms with Crippen LogP contribution < -0.4 is 0 Å². The van der Waals surface area contributed by atoms with E-state index >= 15 is 0 Å². The summed E-state index contributed by atoms with van der Waals surface area (Å²) >= 11 is 0. The van der Waals surface area contributed by atoms with E-state index in [1.54, 1.807) is 23.5 Å². The maximum atomic E-state index is 14.5. The van der Waals surface area contributed by atoms with Crippen LogP contribution in [0.25, 0.3) is 17.3 Å². The fourth-order valence-electron chi connectivity index (χ4n) is 6.14. The van der Waals surface area contributed by atoms with E-state index in [9.17, 15) is 22.8 Å². The van der Waals surface area contributed by atoms with E-state index < -0.39 is 23.7 Å². The number of halogens is 3. The Hall–Kier alpha value is -5.61. The zero-order valence-electron chi connectivity index (χ0n) is 28.0. The van der Waals surface area contributed by atoms with Gasteiger partial charge in [-0.1, -0.05) is 78.9 Å². The van der Waals surface area contributed by atoms with E-state index in [0.29, 0.717) is 31.7 Å². The van der Waals surface area contributed by atoms with Crippen molar-refractivity contribution in [3.8, 4) is 11.3 Å². The molecular formula is C41H38F3N5O2. The number of aromatic nitrogens is 2. The minimum atomic E-state index is -4.46. The van der Waals surface area contributed by atoms with Gasteiger partial charge in [-0.3, -0.25) is 24.5 Å². The van der Waals surface area contributed by atoms with Crippen LogP contribution in [0.15, 0.2) is 134 Å². The van der Waals surface area contributed by atoms with Gasteiger partial charge < -0.3 is 9.80 Å². The average molecular weight is 690 g/mol. The molecule has 2 aromatic heterocycles. The van der Waals surface area contributed by atoms with E-state index in [-0.39, 0.29) is 18.9 Å². The van der Waals surface area contributed by atoms with Crippen molar-refractivity contribution in [1.29, 1.82) is 0 Å². The third-order valence-electron chi connectivity index (χ3n) is 8.96. The molecular weight excluding hydrogens is 651 g/mol. The van der Waals surface area contributed by atoms with Crippen molar-refractivity contribution in [1.82, 2.24) is 24.7 Å². The first-order chi connectivity index (χ1) is 24.7. The maximum Gasteiger partial charge on any atom is 0.416 e. The summed E-state index contributed by atoms with van der Waals surface area (Å²) in [5.41, 5.74) is 4.13. The number of pyridine rings is 2. The molecule has 0 spiro atoms. The quantitative estimate of drug-likeness (QED) is 0.138. The summed E-state index contributed by atoms with van der Waals surface area (Å²) in [5.74, 6) is -0.596. The number of hydrogen-bond donors (Lipinski definition) is 0. The number of alkyl halides is 3. The molecule has 10 heteroatoms. The highest BCUT2D eigenvalue weighted by atomic mass is 19.4. The fourth-order valence-corrected chi connectivity index (χ4v) is 6.14. The van der Waals surface area contributed by atoms with Crippen LogP contribution in [0.1, 0.15) is 27.8 Å². The predicted molar refractivity (Wildman–Crippen MR) is 191 cm³/mol. The van der Waals surface area contributed by atoms with Crippen molar-refractivity contribution in [2.75, 3.05) is 26.2 Å². The smallest absolute Gasteiger partial charge is 0.338 e. The van der Waals surface area contributed by atoms with Crippen molar-refractivity contribution in [3.05, 3.63) is 162 Å². The molecule has 1 aliphatic rings. The van der Waals surface area contributed by atoms with E-state index in [1.807, 2.05) is 77.7 Å². The third-order valence-corrected chi connectivity index (χ3v) is 8.96. The largest absolute Gasteiger partial charge is 0.416 e. The van der Waals surface area contributed by atoms with Crippen LogP contribution in [-0.4, -0.2) is 68.7 Å². The van der Waals surface area contributed by atoms with Crippen molar-refractivity contribution < 1.29 is 22.8 Å². The van der Waals surface area contributed by atoms with E-state index in [2.05, 4.69) is 27.0 Å². The summed E-state index contributed by atoms with van der Waals surface area (Å²) in [7, 11) is 0. The molecule has 3 heterocycles. The van der Waals surface area contributed by atoms with Gasteiger partial charge in [-0.2, -0.15) is 13.2 Å². The van der Waals surface area contributed by atoms with E-state index in [0.717, 1.165) is 41.1 Å². The number of rotatable bonds is 11. The van der Waals surface area contributed by atoms with Crippen LogP contribution in [0.3, 0.4) is 0 Å². The number of carbonyl (C=O) groups excluding carboxylic acids is 2. The Morgan fingerprint density at radius 1 is 0.765 bits per heavy atom. The van der Waals surface area contributed by atoms with Gasteiger partial charge in [0, 0.05) is 75.9 Å². The van der Waals surface area contributed by atoms with Gasteiger partial charge in [0.15, 0.2) is 0 Å². The minimum absolute atomic E-state index is 0.0943. The first-order valence-corrected chi connectivity index (χ1v) is 16.8. The molecule has 1 aliphatic heterocycles. The molecule has 260 valence electrons. The molecule has 0 saturated carbocycles. The predicted octanol–water partition coefficient (Wildman–Crippen LogP) is 7.16. The number of carbonyl (C=O) groups is 2. The number of piperazine rings is 1. The first-order valence-electron chi connectivity index (χ1n) is 16.8. The van der Waals surface area contributed by atoms with Gasteiger partial charge in [0.25, 0.3) is 0 Å². The second kappa shape index (κ2) is 16.4. The molecule has 0 N–H and O–H groups in total. The molecule has 1 saturated heterocycles. The standard InChI is InChI=1S/C41H38F3N5O2/c42-41(43,44)36-15-11-31(12-16-36)14-18-39(50)49(30-34-13-17-37(46-28-34)35-19-21-45-22-20-35)38(27-32-7-3-1-4-8-32)40(51)48-25-23-47(24-26-48)29-33-9-5-2-6-10-33/h1-22,28,38H,23-27,29-30H2/t38-/m0/s1. The molecule has 5 aromatic rings. The lowest BCUT2D eigenvalue weighted by molar-refractivity contribution is -0.145. The fraction of sp³-hybridized carbons (Fsp3) is 0.220. The number of amides is 2. The summed E-state index contributed by atoms with van der Waals surface area (Å²) in [4.78, 5) is 43.1. The highest BCUT2D eigenvalue weighted by Crippen LogP contribution is 2.29. The second-order valence-corrected chi connectivity index (χ2v) is 12.5. The number of hydrogen-bond acceptors (Lipinski definition) is 5. The van der Waals surface area contributed by atoms with Crippen LogP contribution in [0, 0.1) is 0 Å². The summed E-state index contributed by atoms with van der Waals surface area (Å²) in [6.07, 6.45) is 3.70. The zero-order chi connectivity index (χ0) is 35.6. The third kappa shape index (κ3) is 9.55. The van der Waals surface area contributed by atoms with Crippen LogP contribution in [0.5, 0.6) is 0 Å². The van der Waals surface area contributed by atoms with Crippen molar-refractivity contribution in [2.24, 2.45) is 0 Å². The van der Waals surface area contributed by atoms with Crippen molar-refractivity contribution in [2.45, 2.75) is 31.7 Å². The molecule has 1 fully saturated rings. The Bertz CT molecular complexity index is 1900. The average Bonchev–Trinajstić information content (AvgIpc) is 3.16. The molecule has 51 heavy (non-hydrogen) atoms. The van der Waals surface area contributed by atoms with Gasteiger partial charge in [-0.15, -0.1) is 0 Å². The van der Waals surface area contributed by atoms with Gasteiger partial charge in [0.1, 0.15) is 6.04 Å². The number of nitrogens with zero attached hydrogens (tertiary/aromatic N) is 5. The Balaban J connectivity index is 1.28. The molecule has 0 aliphatic carbocycles.